The molecule has 0 saturated carbocycles. The number of hydrogen-bond donors (Lipinski definition) is 2. The van der Waals surface area contributed by atoms with Crippen molar-refractivity contribution >= 4 is 57.7 Å². The molecule has 0 saturated heterocycles. The number of phenols is 1. The first-order chi connectivity index (χ1) is 17.3. The van der Waals surface area contributed by atoms with Gasteiger partial charge in [-0.1, -0.05) is 47.6 Å². The van der Waals surface area contributed by atoms with Crippen LogP contribution in [0, 0.1) is 0 Å². The summed E-state index contributed by atoms with van der Waals surface area (Å²) in [7, 11) is 2.41. The zero-order chi connectivity index (χ0) is 25.8. The summed E-state index contributed by atoms with van der Waals surface area (Å²) in [5.41, 5.74) is 0.283. The van der Waals surface area contributed by atoms with Gasteiger partial charge in [0.25, 0.3) is 5.91 Å². The van der Waals surface area contributed by atoms with E-state index in [1.165, 1.54) is 44.2 Å². The van der Waals surface area contributed by atoms with Gasteiger partial charge in [0.1, 0.15) is 5.75 Å². The minimum absolute atomic E-state index is 0.0215. The van der Waals surface area contributed by atoms with E-state index in [0.29, 0.717) is 10.4 Å². The third-order valence-corrected chi connectivity index (χ3v) is 6.61. The number of benzene rings is 4. The third-order valence-electron chi connectivity index (χ3n) is 5.30. The number of amides is 1. The van der Waals surface area contributed by atoms with Gasteiger partial charge in [0.05, 0.1) is 30.9 Å². The molecule has 0 heterocycles. The number of rotatable bonds is 6. The Bertz CT molecular complexity index is 1450. The Morgan fingerprint density at radius 3 is 2.00 bits per heavy atom. The summed E-state index contributed by atoms with van der Waals surface area (Å²) < 4.78 is 9.48. The van der Waals surface area contributed by atoms with Crippen LogP contribution < -0.4 is 5.32 Å². The smallest absolute Gasteiger partial charge is 0.337 e. The van der Waals surface area contributed by atoms with E-state index in [2.05, 4.69) is 5.32 Å². The number of nitrogens with one attached hydrogen (secondary N) is 1. The van der Waals surface area contributed by atoms with Crippen LogP contribution in [0.15, 0.2) is 82.6 Å². The van der Waals surface area contributed by atoms with E-state index < -0.39 is 17.8 Å². The first-order valence-corrected chi connectivity index (χ1v) is 11.8. The number of esters is 2. The normalized spacial score (nSPS) is 10.6. The number of aromatic hydroxyl groups is 1. The predicted octanol–water partition coefficient (Wildman–Crippen LogP) is 6.18. The summed E-state index contributed by atoms with van der Waals surface area (Å²) in [5.74, 6) is -2.20. The molecule has 0 bridgehead atoms. The Morgan fingerprint density at radius 1 is 0.833 bits per heavy atom. The van der Waals surface area contributed by atoms with Gasteiger partial charge in [-0.25, -0.2) is 9.59 Å². The van der Waals surface area contributed by atoms with E-state index in [0.717, 1.165) is 15.2 Å². The van der Waals surface area contributed by atoms with Gasteiger partial charge in [-0.3, -0.25) is 4.79 Å². The molecule has 0 spiro atoms. The average molecular weight is 522 g/mol. The molecule has 4 rings (SSSR count). The van der Waals surface area contributed by atoms with Crippen molar-refractivity contribution in [1.82, 2.24) is 0 Å². The van der Waals surface area contributed by atoms with Gasteiger partial charge in [-0.15, -0.1) is 0 Å². The maximum atomic E-state index is 13.3. The molecular formula is C27H20ClNO6S. The van der Waals surface area contributed by atoms with Gasteiger partial charge in [0.2, 0.25) is 0 Å². The molecule has 0 aliphatic rings. The predicted molar refractivity (Wildman–Crippen MR) is 138 cm³/mol. The fourth-order valence-corrected chi connectivity index (χ4v) is 4.70. The number of phenolic OH excluding ortho intramolecular Hbond substituents is 1. The van der Waals surface area contributed by atoms with Crippen LogP contribution in [0.25, 0.3) is 10.8 Å². The van der Waals surface area contributed by atoms with E-state index >= 15 is 0 Å². The first-order valence-electron chi connectivity index (χ1n) is 10.6. The molecule has 2 N–H and O–H groups in total. The molecule has 0 unspecified atom stereocenters. The molecule has 4 aromatic carbocycles. The zero-order valence-corrected chi connectivity index (χ0v) is 20.8. The Balaban J connectivity index is 1.75. The van der Waals surface area contributed by atoms with Gasteiger partial charge in [-0.05, 0) is 53.9 Å². The van der Waals surface area contributed by atoms with Gasteiger partial charge in [0, 0.05) is 25.9 Å². The van der Waals surface area contributed by atoms with Crippen LogP contribution in [-0.2, 0) is 9.47 Å². The van der Waals surface area contributed by atoms with Crippen molar-refractivity contribution in [3.63, 3.8) is 0 Å². The largest absolute Gasteiger partial charge is 0.506 e. The quantitative estimate of drug-likeness (QED) is 0.292. The van der Waals surface area contributed by atoms with Gasteiger partial charge in [-0.2, -0.15) is 0 Å². The molecule has 0 aromatic heterocycles. The van der Waals surface area contributed by atoms with E-state index in [1.807, 2.05) is 24.3 Å². The van der Waals surface area contributed by atoms with E-state index in [9.17, 15) is 19.5 Å². The summed E-state index contributed by atoms with van der Waals surface area (Å²) in [4.78, 5) is 39.1. The molecule has 0 atom stereocenters. The van der Waals surface area contributed by atoms with Gasteiger partial charge >= 0.3 is 11.9 Å². The molecule has 1 amide bonds. The number of halogens is 1. The second-order valence-corrected chi connectivity index (χ2v) is 9.16. The lowest BCUT2D eigenvalue weighted by Gasteiger charge is -2.14. The van der Waals surface area contributed by atoms with Gasteiger partial charge in [0.15, 0.2) is 0 Å². The van der Waals surface area contributed by atoms with Crippen molar-refractivity contribution in [1.29, 1.82) is 0 Å². The maximum Gasteiger partial charge on any atom is 0.337 e. The van der Waals surface area contributed by atoms with Crippen LogP contribution in [0.2, 0.25) is 5.02 Å². The third kappa shape index (κ3) is 5.30. The van der Waals surface area contributed by atoms with Crippen molar-refractivity contribution in [2.75, 3.05) is 19.5 Å². The van der Waals surface area contributed by atoms with Crippen molar-refractivity contribution in [2.45, 2.75) is 9.79 Å². The van der Waals surface area contributed by atoms with E-state index in [4.69, 9.17) is 21.1 Å². The van der Waals surface area contributed by atoms with Crippen LogP contribution in [-0.4, -0.2) is 37.2 Å². The number of carbonyl (C=O) groups excluding carboxylic acids is 3. The minimum Gasteiger partial charge on any atom is -0.506 e. The molecular weight excluding hydrogens is 502 g/mol. The number of anilines is 1. The number of ether oxygens (including phenoxy) is 2. The lowest BCUT2D eigenvalue weighted by atomic mass is 10.0. The SMILES string of the molecule is COC(=O)c1cc(NC(=O)c2cc(Sc3ccc(Cl)cc3)c3ccccc3c2O)cc(C(=O)OC)c1. The highest BCUT2D eigenvalue weighted by molar-refractivity contribution is 7.99. The summed E-state index contributed by atoms with van der Waals surface area (Å²) in [6, 6.07) is 20.1. The Morgan fingerprint density at radius 2 is 1.42 bits per heavy atom. The Hall–Kier alpha value is -4.01. The summed E-state index contributed by atoms with van der Waals surface area (Å²) in [6.07, 6.45) is 0. The summed E-state index contributed by atoms with van der Waals surface area (Å²) in [5, 5.41) is 15.5. The van der Waals surface area contributed by atoms with Crippen molar-refractivity contribution in [3.05, 3.63) is 94.5 Å². The lowest BCUT2D eigenvalue weighted by Crippen LogP contribution is -2.15. The number of carbonyl (C=O) groups is 3. The Kier molecular flexibility index (Phi) is 7.47. The molecule has 182 valence electrons. The first kappa shape index (κ1) is 25.1. The summed E-state index contributed by atoms with van der Waals surface area (Å²) >= 11 is 7.42. The molecule has 9 heteroatoms. The Labute approximate surface area is 216 Å². The summed E-state index contributed by atoms with van der Waals surface area (Å²) in [6.45, 7) is 0. The highest BCUT2D eigenvalue weighted by Gasteiger charge is 2.20. The maximum absolute atomic E-state index is 13.3. The topological polar surface area (TPSA) is 102 Å². The second-order valence-electron chi connectivity index (χ2n) is 7.61. The number of methoxy groups -OCH3 is 2. The number of fused-ring (bicyclic) bond motifs is 1. The fourth-order valence-electron chi connectivity index (χ4n) is 3.58. The van der Waals surface area contributed by atoms with Crippen LogP contribution >= 0.6 is 23.4 Å². The van der Waals surface area contributed by atoms with Crippen LogP contribution in [0.4, 0.5) is 5.69 Å². The second kappa shape index (κ2) is 10.7. The van der Waals surface area contributed by atoms with Crippen molar-refractivity contribution in [2.24, 2.45) is 0 Å². The van der Waals surface area contributed by atoms with Crippen molar-refractivity contribution < 1.29 is 29.0 Å². The molecule has 7 nitrogen and oxygen atoms in total. The minimum atomic E-state index is -0.688. The highest BCUT2D eigenvalue weighted by Crippen LogP contribution is 2.40. The highest BCUT2D eigenvalue weighted by atomic mass is 35.5. The van der Waals surface area contributed by atoms with Crippen LogP contribution in [0.5, 0.6) is 5.75 Å². The average Bonchev–Trinajstić information content (AvgIpc) is 2.90. The van der Waals surface area contributed by atoms with Crippen molar-refractivity contribution in [3.8, 4) is 5.75 Å². The monoisotopic (exact) mass is 521 g/mol. The van der Waals surface area contributed by atoms with E-state index in [-0.39, 0.29) is 28.1 Å². The molecule has 0 radical (unpaired) electrons. The molecule has 4 aromatic rings. The van der Waals surface area contributed by atoms with Gasteiger partial charge < -0.3 is 19.9 Å². The van der Waals surface area contributed by atoms with Crippen LogP contribution in [0.1, 0.15) is 31.1 Å². The fraction of sp³-hybridized carbons (Fsp3) is 0.0741. The molecule has 0 aliphatic carbocycles. The number of hydrogen-bond acceptors (Lipinski definition) is 7. The molecule has 0 aliphatic heterocycles. The molecule has 36 heavy (non-hydrogen) atoms. The molecule has 0 fully saturated rings. The van der Waals surface area contributed by atoms with E-state index in [1.54, 1.807) is 30.3 Å². The lowest BCUT2D eigenvalue weighted by molar-refractivity contribution is 0.0598. The zero-order valence-electron chi connectivity index (χ0n) is 19.2. The standard InChI is InChI=1S/C27H20ClNO6S/c1-34-26(32)15-11-16(27(33)35-2)13-18(12-15)29-25(31)22-14-23(36-19-9-7-17(28)8-10-19)20-5-3-4-6-21(20)24(22)30/h3-14,30H,1-2H3,(H,29,31). The van der Waals surface area contributed by atoms with Crippen LogP contribution in [0.3, 0.4) is 0 Å².